The minimum atomic E-state index is -0.230. The number of carbonyl (C=O) groups is 1. The molecule has 7 heteroatoms. The zero-order valence-electron chi connectivity index (χ0n) is 12.3. The standard InChI is InChI=1S/C16H14BrN3OS2/c1-10(15(21)19-16-20-18-9-22-16)14(11-5-3-2-4-6-11)12-7-8-13(17)23-12/h2-10,14H,1H3,(H,19,20,21)/t10-,14-/m0/s1. The maximum absolute atomic E-state index is 12.6. The molecule has 0 saturated heterocycles. The van der Waals surface area contributed by atoms with E-state index in [1.807, 2.05) is 31.2 Å². The third-order valence-corrected chi connectivity index (χ3v) is 5.88. The van der Waals surface area contributed by atoms with Gasteiger partial charge in [-0.3, -0.25) is 4.79 Å². The number of hydrogen-bond donors (Lipinski definition) is 1. The van der Waals surface area contributed by atoms with Crippen molar-refractivity contribution in [1.29, 1.82) is 0 Å². The molecule has 0 fully saturated rings. The first-order valence-electron chi connectivity index (χ1n) is 7.02. The Labute approximate surface area is 150 Å². The first kappa shape index (κ1) is 16.3. The molecular formula is C16H14BrN3OS2. The summed E-state index contributed by atoms with van der Waals surface area (Å²) in [7, 11) is 0. The molecule has 1 aromatic carbocycles. The summed E-state index contributed by atoms with van der Waals surface area (Å²) in [6, 6.07) is 14.2. The van der Waals surface area contributed by atoms with Gasteiger partial charge in [-0.1, -0.05) is 48.6 Å². The fraction of sp³-hybridized carbons (Fsp3) is 0.188. The molecule has 0 aliphatic carbocycles. The first-order valence-corrected chi connectivity index (χ1v) is 9.51. The van der Waals surface area contributed by atoms with Crippen LogP contribution in [0.2, 0.25) is 0 Å². The average Bonchev–Trinajstić information content (AvgIpc) is 3.20. The van der Waals surface area contributed by atoms with Gasteiger partial charge in [0, 0.05) is 16.7 Å². The SMILES string of the molecule is C[C@H](C(=O)Nc1nncs1)[C@@H](c1ccccc1)c1ccc(Br)s1. The van der Waals surface area contributed by atoms with Crippen molar-refractivity contribution >= 4 is 49.6 Å². The van der Waals surface area contributed by atoms with E-state index in [1.54, 1.807) is 16.8 Å². The van der Waals surface area contributed by atoms with Crippen LogP contribution in [-0.2, 0) is 4.79 Å². The van der Waals surface area contributed by atoms with Crippen molar-refractivity contribution in [1.82, 2.24) is 10.2 Å². The Bertz CT molecular complexity index is 774. The molecular weight excluding hydrogens is 394 g/mol. The van der Waals surface area contributed by atoms with Crippen LogP contribution in [0.1, 0.15) is 23.3 Å². The quantitative estimate of drug-likeness (QED) is 0.662. The molecule has 2 heterocycles. The lowest BCUT2D eigenvalue weighted by Crippen LogP contribution is -2.26. The Hall–Kier alpha value is -1.57. The van der Waals surface area contributed by atoms with Crippen LogP contribution >= 0.6 is 38.6 Å². The highest BCUT2D eigenvalue weighted by Gasteiger charge is 2.28. The first-order chi connectivity index (χ1) is 11.1. The van der Waals surface area contributed by atoms with Crippen molar-refractivity contribution in [3.8, 4) is 0 Å². The summed E-state index contributed by atoms with van der Waals surface area (Å²) in [6.45, 7) is 1.95. The number of nitrogens with one attached hydrogen (secondary N) is 1. The molecule has 1 amide bonds. The highest BCUT2D eigenvalue weighted by Crippen LogP contribution is 2.38. The topological polar surface area (TPSA) is 54.9 Å². The van der Waals surface area contributed by atoms with E-state index in [4.69, 9.17) is 0 Å². The van der Waals surface area contributed by atoms with E-state index in [2.05, 4.69) is 49.6 Å². The molecule has 0 radical (unpaired) electrons. The lowest BCUT2D eigenvalue weighted by atomic mass is 9.85. The van der Waals surface area contributed by atoms with Crippen LogP contribution < -0.4 is 5.32 Å². The van der Waals surface area contributed by atoms with E-state index in [9.17, 15) is 4.79 Å². The summed E-state index contributed by atoms with van der Waals surface area (Å²) < 4.78 is 1.06. The van der Waals surface area contributed by atoms with Gasteiger partial charge in [-0.05, 0) is 33.6 Å². The third kappa shape index (κ3) is 3.85. The number of rotatable bonds is 5. The van der Waals surface area contributed by atoms with Gasteiger partial charge >= 0.3 is 0 Å². The Morgan fingerprint density at radius 2 is 2.00 bits per heavy atom. The summed E-state index contributed by atoms with van der Waals surface area (Å²) in [5, 5.41) is 11.0. The van der Waals surface area contributed by atoms with Crippen LogP contribution in [0.3, 0.4) is 0 Å². The number of aromatic nitrogens is 2. The predicted octanol–water partition coefficient (Wildman–Crippen LogP) is 4.77. The molecule has 0 saturated carbocycles. The summed E-state index contributed by atoms with van der Waals surface area (Å²) >= 11 is 6.48. The third-order valence-electron chi connectivity index (χ3n) is 3.56. The molecule has 0 spiro atoms. The van der Waals surface area contributed by atoms with Gasteiger partial charge in [0.2, 0.25) is 11.0 Å². The number of halogens is 1. The molecule has 0 aliphatic heterocycles. The second kappa shape index (κ2) is 7.33. The van der Waals surface area contributed by atoms with Gasteiger partial charge < -0.3 is 5.32 Å². The van der Waals surface area contributed by atoms with Gasteiger partial charge in [0.1, 0.15) is 5.51 Å². The minimum Gasteiger partial charge on any atom is -0.300 e. The van der Waals surface area contributed by atoms with Crippen molar-refractivity contribution in [2.45, 2.75) is 12.8 Å². The molecule has 3 rings (SSSR count). The second-order valence-corrected chi connectivity index (χ2v) is 8.38. The van der Waals surface area contributed by atoms with Crippen molar-refractivity contribution in [2.24, 2.45) is 5.92 Å². The summed E-state index contributed by atoms with van der Waals surface area (Å²) in [6.07, 6.45) is 0. The highest BCUT2D eigenvalue weighted by molar-refractivity contribution is 9.11. The number of amides is 1. The molecule has 2 atom stereocenters. The van der Waals surface area contributed by atoms with Crippen LogP contribution in [0.4, 0.5) is 5.13 Å². The largest absolute Gasteiger partial charge is 0.300 e. The second-order valence-electron chi connectivity index (χ2n) is 5.05. The zero-order valence-corrected chi connectivity index (χ0v) is 15.5. The number of nitrogens with zero attached hydrogens (tertiary/aromatic N) is 2. The van der Waals surface area contributed by atoms with Gasteiger partial charge in [0.05, 0.1) is 3.79 Å². The maximum atomic E-state index is 12.6. The van der Waals surface area contributed by atoms with E-state index >= 15 is 0 Å². The molecule has 3 aromatic rings. The van der Waals surface area contributed by atoms with Crippen molar-refractivity contribution < 1.29 is 4.79 Å². The molecule has 23 heavy (non-hydrogen) atoms. The lowest BCUT2D eigenvalue weighted by Gasteiger charge is -2.22. The fourth-order valence-electron chi connectivity index (χ4n) is 2.45. The van der Waals surface area contributed by atoms with Crippen LogP contribution in [0.5, 0.6) is 0 Å². The Morgan fingerprint density at radius 1 is 1.22 bits per heavy atom. The smallest absolute Gasteiger partial charge is 0.230 e. The Kier molecular flexibility index (Phi) is 5.20. The summed E-state index contributed by atoms with van der Waals surface area (Å²) in [5.41, 5.74) is 2.73. The normalized spacial score (nSPS) is 13.5. The summed E-state index contributed by atoms with van der Waals surface area (Å²) in [4.78, 5) is 13.8. The molecule has 0 bridgehead atoms. The van der Waals surface area contributed by atoms with E-state index in [0.717, 1.165) is 14.2 Å². The molecule has 0 unspecified atom stereocenters. The van der Waals surface area contributed by atoms with Gasteiger partial charge in [-0.15, -0.1) is 21.5 Å². The van der Waals surface area contributed by atoms with E-state index in [0.29, 0.717) is 5.13 Å². The number of thiophene rings is 1. The Balaban J connectivity index is 1.90. The zero-order chi connectivity index (χ0) is 16.2. The number of hydrogen-bond acceptors (Lipinski definition) is 5. The summed E-state index contributed by atoms with van der Waals surface area (Å²) in [5.74, 6) is -0.285. The molecule has 2 aromatic heterocycles. The van der Waals surface area contributed by atoms with E-state index < -0.39 is 0 Å². The lowest BCUT2D eigenvalue weighted by molar-refractivity contribution is -0.119. The van der Waals surface area contributed by atoms with Crippen LogP contribution in [0.25, 0.3) is 0 Å². The molecule has 0 aliphatic rings. The minimum absolute atomic E-state index is 0.000390. The maximum Gasteiger partial charge on any atom is 0.230 e. The van der Waals surface area contributed by atoms with Gasteiger partial charge in [-0.2, -0.15) is 0 Å². The average molecular weight is 408 g/mol. The number of anilines is 1. The Morgan fingerprint density at radius 3 is 2.61 bits per heavy atom. The molecule has 118 valence electrons. The van der Waals surface area contributed by atoms with Crippen molar-refractivity contribution in [3.63, 3.8) is 0 Å². The predicted molar refractivity (Wildman–Crippen MR) is 98.0 cm³/mol. The van der Waals surface area contributed by atoms with Gasteiger partial charge in [0.25, 0.3) is 0 Å². The molecule has 4 nitrogen and oxygen atoms in total. The van der Waals surface area contributed by atoms with Crippen molar-refractivity contribution in [2.75, 3.05) is 5.32 Å². The fourth-order valence-corrected chi connectivity index (χ4v) is 4.56. The van der Waals surface area contributed by atoms with Gasteiger partial charge in [-0.25, -0.2) is 0 Å². The van der Waals surface area contributed by atoms with Crippen LogP contribution in [0.15, 0.2) is 51.8 Å². The monoisotopic (exact) mass is 407 g/mol. The van der Waals surface area contributed by atoms with E-state index in [-0.39, 0.29) is 17.7 Å². The molecule has 1 N–H and O–H groups in total. The number of benzene rings is 1. The highest BCUT2D eigenvalue weighted by atomic mass is 79.9. The van der Waals surface area contributed by atoms with Crippen LogP contribution in [0, 0.1) is 5.92 Å². The number of carbonyl (C=O) groups excluding carboxylic acids is 1. The van der Waals surface area contributed by atoms with Gasteiger partial charge in [0.15, 0.2) is 0 Å². The van der Waals surface area contributed by atoms with Crippen LogP contribution in [-0.4, -0.2) is 16.1 Å². The van der Waals surface area contributed by atoms with E-state index in [1.165, 1.54) is 11.3 Å². The van der Waals surface area contributed by atoms with Crippen molar-refractivity contribution in [3.05, 3.63) is 62.2 Å².